The van der Waals surface area contributed by atoms with Gasteiger partial charge in [-0.25, -0.2) is 4.79 Å². The maximum Gasteiger partial charge on any atom is 0.410 e. The Balaban J connectivity index is 2.08. The Hall–Kier alpha value is -2.28. The van der Waals surface area contributed by atoms with Crippen LogP contribution in [0.2, 0.25) is 0 Å². The minimum absolute atomic E-state index is 0.0667. The molecule has 0 N–H and O–H groups in total. The van der Waals surface area contributed by atoms with Crippen molar-refractivity contribution < 1.29 is 19.1 Å². The fourth-order valence-corrected chi connectivity index (χ4v) is 3.71. The number of likely N-dealkylation sites (tertiary alicyclic amines) is 1. The number of carbonyl (C=O) groups excluding carboxylic acids is 3. The fraction of sp³-hybridized carbons (Fsp3) is 0.389. The van der Waals surface area contributed by atoms with Crippen LogP contribution in [0.4, 0.5) is 4.79 Å². The molecule has 0 saturated carbocycles. The lowest BCUT2D eigenvalue weighted by Crippen LogP contribution is -2.45. The molecule has 0 radical (unpaired) electrons. The third kappa shape index (κ3) is 4.85. The lowest BCUT2D eigenvalue weighted by Gasteiger charge is -2.25. The van der Waals surface area contributed by atoms with Crippen molar-refractivity contribution in [2.24, 2.45) is 0 Å². The van der Waals surface area contributed by atoms with Gasteiger partial charge in [-0.2, -0.15) is 0 Å². The van der Waals surface area contributed by atoms with Crippen LogP contribution < -0.4 is 0 Å². The molecule has 2 amide bonds. The number of rotatable bonds is 5. The first kappa shape index (κ1) is 19.1. The summed E-state index contributed by atoms with van der Waals surface area (Å²) in [5.74, 6) is -0.175. The van der Waals surface area contributed by atoms with E-state index < -0.39 is 12.1 Å². The second kappa shape index (κ2) is 8.71. The van der Waals surface area contributed by atoms with Gasteiger partial charge in [0.25, 0.3) is 0 Å². The van der Waals surface area contributed by atoms with Crippen LogP contribution in [0.15, 0.2) is 43.0 Å². The average molecular weight is 362 g/mol. The lowest BCUT2D eigenvalue weighted by atomic mass is 10.2. The summed E-state index contributed by atoms with van der Waals surface area (Å²) in [4.78, 5) is 39.9. The van der Waals surface area contributed by atoms with Crippen LogP contribution in [0.1, 0.15) is 16.8 Å². The molecule has 1 aliphatic heterocycles. The van der Waals surface area contributed by atoms with E-state index in [1.165, 1.54) is 15.9 Å². The summed E-state index contributed by atoms with van der Waals surface area (Å²) in [5, 5.41) is -0.221. The predicted octanol–water partition coefficient (Wildman–Crippen LogP) is 2.41. The van der Waals surface area contributed by atoms with Crippen LogP contribution in [0.3, 0.4) is 0 Å². The molecule has 6 nitrogen and oxygen atoms in total. The number of carbonyl (C=O) groups is 3. The molecule has 25 heavy (non-hydrogen) atoms. The number of hydrogen-bond donors (Lipinski definition) is 0. The van der Waals surface area contributed by atoms with Crippen molar-refractivity contribution >= 4 is 28.9 Å². The van der Waals surface area contributed by atoms with E-state index in [-0.39, 0.29) is 22.9 Å². The summed E-state index contributed by atoms with van der Waals surface area (Å²) < 4.78 is 5.08. The van der Waals surface area contributed by atoms with Crippen LogP contribution in [0.25, 0.3) is 0 Å². The Morgan fingerprint density at radius 3 is 2.60 bits per heavy atom. The average Bonchev–Trinajstić information content (AvgIpc) is 3.03. The van der Waals surface area contributed by atoms with E-state index in [1.54, 1.807) is 38.4 Å². The summed E-state index contributed by atoms with van der Waals surface area (Å²) in [5.41, 5.74) is 0.607. The van der Waals surface area contributed by atoms with E-state index in [1.807, 2.05) is 6.07 Å². The van der Waals surface area contributed by atoms with Gasteiger partial charge in [0.2, 0.25) is 11.0 Å². The smallest absolute Gasteiger partial charge is 0.410 e. The first-order valence-electron chi connectivity index (χ1n) is 7.95. The first-order chi connectivity index (χ1) is 11.9. The van der Waals surface area contributed by atoms with Gasteiger partial charge in [0.05, 0.1) is 0 Å². The Morgan fingerprint density at radius 2 is 2.00 bits per heavy atom. The monoisotopic (exact) mass is 362 g/mol. The maximum absolute atomic E-state index is 12.4. The Morgan fingerprint density at radius 1 is 1.32 bits per heavy atom. The predicted molar refractivity (Wildman–Crippen MR) is 97.5 cm³/mol. The molecule has 1 aromatic carbocycles. The molecule has 2 rings (SSSR count). The third-order valence-corrected chi connectivity index (χ3v) is 4.96. The number of likely N-dealkylation sites (N-methyl/N-ethyl adjacent to an activating group) is 1. The van der Waals surface area contributed by atoms with E-state index in [0.29, 0.717) is 18.5 Å². The Bertz CT molecular complexity index is 648. The molecule has 0 spiro atoms. The van der Waals surface area contributed by atoms with E-state index in [9.17, 15) is 14.4 Å². The third-order valence-electron chi connectivity index (χ3n) is 3.83. The van der Waals surface area contributed by atoms with Gasteiger partial charge in [-0.1, -0.05) is 54.7 Å². The largest absolute Gasteiger partial charge is 0.445 e. The van der Waals surface area contributed by atoms with Gasteiger partial charge in [-0.15, -0.1) is 0 Å². The second-order valence-electron chi connectivity index (χ2n) is 5.90. The quantitative estimate of drug-likeness (QED) is 0.753. The van der Waals surface area contributed by atoms with Crippen LogP contribution in [0, 0.1) is 0 Å². The zero-order valence-corrected chi connectivity index (χ0v) is 15.2. The normalized spacial score (nSPS) is 19.4. The van der Waals surface area contributed by atoms with E-state index in [0.717, 1.165) is 11.8 Å². The minimum Gasteiger partial charge on any atom is -0.445 e. The van der Waals surface area contributed by atoms with E-state index in [2.05, 4.69) is 6.58 Å². The van der Waals surface area contributed by atoms with Crippen molar-refractivity contribution in [1.82, 2.24) is 9.80 Å². The van der Waals surface area contributed by atoms with Gasteiger partial charge in [-0.05, 0) is 6.42 Å². The highest BCUT2D eigenvalue weighted by Crippen LogP contribution is 2.31. The Labute approximate surface area is 151 Å². The van der Waals surface area contributed by atoms with Crippen LogP contribution >= 0.6 is 11.8 Å². The minimum atomic E-state index is -0.617. The number of benzene rings is 1. The topological polar surface area (TPSA) is 66.9 Å². The summed E-state index contributed by atoms with van der Waals surface area (Å²) in [7, 11) is 3.29. The molecule has 1 aliphatic rings. The summed E-state index contributed by atoms with van der Waals surface area (Å²) in [6, 6.07) is 8.35. The van der Waals surface area contributed by atoms with Gasteiger partial charge >= 0.3 is 6.09 Å². The zero-order chi connectivity index (χ0) is 18.4. The molecule has 0 bridgehead atoms. The van der Waals surface area contributed by atoms with Crippen molar-refractivity contribution in [2.75, 3.05) is 27.2 Å². The summed E-state index contributed by atoms with van der Waals surface area (Å²) in [6.07, 6.45) is 1.33. The van der Waals surface area contributed by atoms with Crippen molar-refractivity contribution in [3.8, 4) is 0 Å². The Kier molecular flexibility index (Phi) is 6.64. The maximum atomic E-state index is 12.4. The number of thioether (sulfide) groups is 1. The molecule has 0 aliphatic carbocycles. The molecular formula is C18H22N2O4S. The van der Waals surface area contributed by atoms with Crippen LogP contribution in [-0.2, 0) is 9.53 Å². The van der Waals surface area contributed by atoms with Crippen molar-refractivity contribution in [1.29, 1.82) is 0 Å². The standard InChI is InChI=1S/C18H22N2O4S/c1-4-10-24-18(23)20-12-14(11-15(20)16(21)19(2)3)25-17(22)13-8-6-5-7-9-13/h4-9,14-15H,1,10-12H2,2-3H3. The highest BCUT2D eigenvalue weighted by Gasteiger charge is 2.42. The molecule has 7 heteroatoms. The molecule has 1 heterocycles. The lowest BCUT2D eigenvalue weighted by molar-refractivity contribution is -0.132. The summed E-state index contributed by atoms with van der Waals surface area (Å²) in [6.45, 7) is 3.89. The number of amides is 2. The second-order valence-corrected chi connectivity index (χ2v) is 7.17. The molecule has 2 unspecified atom stereocenters. The fourth-order valence-electron chi connectivity index (χ4n) is 2.62. The van der Waals surface area contributed by atoms with Gasteiger partial charge < -0.3 is 9.64 Å². The molecular weight excluding hydrogens is 340 g/mol. The number of nitrogens with zero attached hydrogens (tertiary/aromatic N) is 2. The molecule has 134 valence electrons. The van der Waals surface area contributed by atoms with Crippen molar-refractivity contribution in [2.45, 2.75) is 17.7 Å². The van der Waals surface area contributed by atoms with Crippen LogP contribution in [-0.4, -0.2) is 65.5 Å². The molecule has 1 aromatic rings. The molecule has 0 aromatic heterocycles. The first-order valence-corrected chi connectivity index (χ1v) is 8.83. The highest BCUT2D eigenvalue weighted by atomic mass is 32.2. The van der Waals surface area contributed by atoms with Gasteiger partial charge in [0.1, 0.15) is 12.6 Å². The zero-order valence-electron chi connectivity index (χ0n) is 14.4. The van der Waals surface area contributed by atoms with E-state index >= 15 is 0 Å². The van der Waals surface area contributed by atoms with Crippen molar-refractivity contribution in [3.63, 3.8) is 0 Å². The molecule has 1 fully saturated rings. The van der Waals surface area contributed by atoms with Crippen LogP contribution in [0.5, 0.6) is 0 Å². The SMILES string of the molecule is C=CCOC(=O)N1CC(SC(=O)c2ccccc2)CC1C(=O)N(C)C. The van der Waals surface area contributed by atoms with Gasteiger partial charge in [0, 0.05) is 31.5 Å². The molecule has 1 saturated heterocycles. The van der Waals surface area contributed by atoms with Crippen molar-refractivity contribution in [3.05, 3.63) is 48.6 Å². The van der Waals surface area contributed by atoms with Gasteiger partial charge in [0.15, 0.2) is 0 Å². The molecule has 2 atom stereocenters. The highest BCUT2D eigenvalue weighted by molar-refractivity contribution is 8.14. The van der Waals surface area contributed by atoms with E-state index in [4.69, 9.17) is 4.74 Å². The number of hydrogen-bond acceptors (Lipinski definition) is 5. The summed E-state index contributed by atoms with van der Waals surface area (Å²) >= 11 is 1.16. The number of ether oxygens (including phenoxy) is 1. The van der Waals surface area contributed by atoms with Gasteiger partial charge in [-0.3, -0.25) is 14.5 Å².